The maximum Gasteiger partial charge on any atom is 0.378 e. The number of benzene rings is 2. The van der Waals surface area contributed by atoms with Crippen LogP contribution in [0.15, 0.2) is 64.4 Å². The van der Waals surface area contributed by atoms with Crippen LogP contribution in [0, 0.1) is 13.8 Å². The third-order valence-electron chi connectivity index (χ3n) is 4.81. The summed E-state index contributed by atoms with van der Waals surface area (Å²) in [4.78, 5) is 37.5. The molecule has 3 heterocycles. The molecule has 0 unspecified atom stereocenters. The van der Waals surface area contributed by atoms with Crippen molar-refractivity contribution in [1.82, 2.24) is 19.6 Å². The smallest absolute Gasteiger partial charge is 0.378 e. The zero-order valence-electron chi connectivity index (χ0n) is 16.8. The number of aryl methyl sites for hydroxylation is 2. The van der Waals surface area contributed by atoms with E-state index in [1.807, 2.05) is 68.4 Å². The lowest BCUT2D eigenvalue weighted by Crippen LogP contribution is -2.32. The highest BCUT2D eigenvalue weighted by molar-refractivity contribution is 7.99. The fourth-order valence-corrected chi connectivity index (χ4v) is 4.54. The summed E-state index contributed by atoms with van der Waals surface area (Å²) >= 11 is 1.60. The van der Waals surface area contributed by atoms with E-state index in [0.717, 1.165) is 32.6 Å². The molecule has 1 aliphatic heterocycles. The summed E-state index contributed by atoms with van der Waals surface area (Å²) in [5.74, 6) is -0.956. The summed E-state index contributed by atoms with van der Waals surface area (Å²) in [5.41, 5.74) is 3.08. The van der Waals surface area contributed by atoms with Crippen molar-refractivity contribution in [2.24, 2.45) is 0 Å². The number of esters is 1. The molecule has 1 amide bonds. The predicted molar refractivity (Wildman–Crippen MR) is 115 cm³/mol. The van der Waals surface area contributed by atoms with Gasteiger partial charge in [0.05, 0.1) is 11.4 Å². The Hall–Kier alpha value is -3.72. The van der Waals surface area contributed by atoms with Gasteiger partial charge in [-0.05, 0) is 44.2 Å². The van der Waals surface area contributed by atoms with E-state index in [2.05, 4.69) is 15.1 Å². The van der Waals surface area contributed by atoms with Crippen molar-refractivity contribution in [1.29, 1.82) is 0 Å². The molecule has 8 nitrogen and oxygen atoms in total. The molecule has 0 N–H and O–H groups in total. The number of para-hydroxylation sites is 2. The average Bonchev–Trinajstić information content (AvgIpc) is 3.20. The van der Waals surface area contributed by atoms with Gasteiger partial charge in [0.25, 0.3) is 17.5 Å². The largest absolute Gasteiger partial charge is 0.450 e. The van der Waals surface area contributed by atoms with Crippen LogP contribution in [0.4, 0.5) is 11.4 Å². The van der Waals surface area contributed by atoms with Crippen LogP contribution in [0.3, 0.4) is 0 Å². The molecule has 9 heteroatoms. The molecular formula is C22H17N5O3S. The van der Waals surface area contributed by atoms with Crippen molar-refractivity contribution in [2.75, 3.05) is 11.5 Å². The fourth-order valence-electron chi connectivity index (χ4n) is 3.48. The number of ether oxygens (including phenoxy) is 1. The highest BCUT2D eigenvalue weighted by Crippen LogP contribution is 2.47. The van der Waals surface area contributed by atoms with Crippen LogP contribution >= 0.6 is 11.8 Å². The molecule has 0 fully saturated rings. The number of carbonyl (C=O) groups is 2. The Balaban J connectivity index is 1.39. The molecule has 0 saturated heterocycles. The van der Waals surface area contributed by atoms with Crippen LogP contribution in [0.2, 0.25) is 0 Å². The van der Waals surface area contributed by atoms with Crippen molar-refractivity contribution in [3.05, 3.63) is 71.8 Å². The predicted octanol–water partition coefficient (Wildman–Crippen LogP) is 3.73. The summed E-state index contributed by atoms with van der Waals surface area (Å²) in [6.45, 7) is 3.25. The standard InChI is InChI=1S/C22H17N5O3S/c1-13-11-14(2)27-22(23-13)24-20(25-27)21(29)30-12-19(28)26-15-7-3-5-9-17(15)31-18-10-6-4-8-16(18)26/h3-11H,12H2,1-2H3. The van der Waals surface area contributed by atoms with Crippen molar-refractivity contribution in [3.8, 4) is 0 Å². The topological polar surface area (TPSA) is 89.7 Å². The molecule has 154 valence electrons. The van der Waals surface area contributed by atoms with E-state index < -0.39 is 12.6 Å². The number of hydrogen-bond donors (Lipinski definition) is 0. The van der Waals surface area contributed by atoms with Gasteiger partial charge in [0.15, 0.2) is 6.61 Å². The summed E-state index contributed by atoms with van der Waals surface area (Å²) in [6.07, 6.45) is 0. The van der Waals surface area contributed by atoms with Gasteiger partial charge in [0.1, 0.15) is 0 Å². The summed E-state index contributed by atoms with van der Waals surface area (Å²) < 4.78 is 6.74. The van der Waals surface area contributed by atoms with Crippen LogP contribution < -0.4 is 4.90 Å². The SMILES string of the molecule is Cc1cc(C)n2nc(C(=O)OCC(=O)N3c4ccccc4Sc4ccccc43)nc2n1. The van der Waals surface area contributed by atoms with Gasteiger partial charge in [-0.2, -0.15) is 4.98 Å². The van der Waals surface area contributed by atoms with Crippen LogP contribution in [0.5, 0.6) is 0 Å². The van der Waals surface area contributed by atoms with E-state index in [9.17, 15) is 9.59 Å². The molecule has 2 aromatic carbocycles. The van der Waals surface area contributed by atoms with Crippen molar-refractivity contribution >= 4 is 40.8 Å². The normalized spacial score (nSPS) is 12.4. The molecule has 1 aliphatic rings. The van der Waals surface area contributed by atoms with Gasteiger partial charge in [-0.3, -0.25) is 9.69 Å². The quantitative estimate of drug-likeness (QED) is 0.457. The van der Waals surface area contributed by atoms with E-state index in [4.69, 9.17) is 4.74 Å². The number of aromatic nitrogens is 4. The molecule has 4 aromatic rings. The summed E-state index contributed by atoms with van der Waals surface area (Å²) in [6, 6.07) is 17.1. The van der Waals surface area contributed by atoms with Gasteiger partial charge < -0.3 is 4.74 Å². The molecule has 0 aliphatic carbocycles. The van der Waals surface area contributed by atoms with Gasteiger partial charge in [0.2, 0.25) is 0 Å². The van der Waals surface area contributed by atoms with Crippen LogP contribution in [-0.2, 0) is 9.53 Å². The Kier molecular flexibility index (Phi) is 4.67. The van der Waals surface area contributed by atoms with E-state index in [-0.39, 0.29) is 11.7 Å². The Morgan fingerprint density at radius 3 is 2.29 bits per heavy atom. The number of amides is 1. The minimum atomic E-state index is -0.774. The van der Waals surface area contributed by atoms with Gasteiger partial charge in [-0.1, -0.05) is 36.0 Å². The zero-order valence-corrected chi connectivity index (χ0v) is 17.6. The van der Waals surface area contributed by atoms with Crippen molar-refractivity contribution in [2.45, 2.75) is 23.6 Å². The van der Waals surface area contributed by atoms with E-state index in [1.165, 1.54) is 4.52 Å². The highest BCUT2D eigenvalue weighted by atomic mass is 32.2. The molecule has 31 heavy (non-hydrogen) atoms. The Labute approximate surface area is 181 Å². The van der Waals surface area contributed by atoms with Crippen LogP contribution in [-0.4, -0.2) is 38.1 Å². The fraction of sp³-hybridized carbons (Fsp3) is 0.136. The van der Waals surface area contributed by atoms with Gasteiger partial charge in [-0.25, -0.2) is 14.3 Å². The Morgan fingerprint density at radius 2 is 1.61 bits per heavy atom. The average molecular weight is 431 g/mol. The van der Waals surface area contributed by atoms with Gasteiger partial charge >= 0.3 is 5.97 Å². The first-order chi connectivity index (χ1) is 15.0. The first kappa shape index (κ1) is 19.3. The van der Waals surface area contributed by atoms with Gasteiger partial charge in [-0.15, -0.1) is 5.10 Å². The minimum Gasteiger partial charge on any atom is -0.450 e. The highest BCUT2D eigenvalue weighted by Gasteiger charge is 2.29. The van der Waals surface area contributed by atoms with Crippen molar-refractivity contribution in [3.63, 3.8) is 0 Å². The first-order valence-corrected chi connectivity index (χ1v) is 10.4. The molecule has 0 radical (unpaired) electrons. The van der Waals surface area contributed by atoms with Crippen molar-refractivity contribution < 1.29 is 14.3 Å². The van der Waals surface area contributed by atoms with E-state index >= 15 is 0 Å². The molecule has 0 saturated carbocycles. The monoisotopic (exact) mass is 431 g/mol. The second-order valence-corrected chi connectivity index (χ2v) is 8.11. The molecule has 2 aromatic heterocycles. The lowest BCUT2D eigenvalue weighted by Gasteiger charge is -2.30. The molecule has 5 rings (SSSR count). The lowest BCUT2D eigenvalue weighted by atomic mass is 10.2. The maximum absolute atomic E-state index is 13.1. The lowest BCUT2D eigenvalue weighted by molar-refractivity contribution is -0.121. The number of carbonyl (C=O) groups excluding carboxylic acids is 2. The molecule has 0 atom stereocenters. The molecule has 0 bridgehead atoms. The summed E-state index contributed by atoms with van der Waals surface area (Å²) in [7, 11) is 0. The number of fused-ring (bicyclic) bond motifs is 3. The second-order valence-electron chi connectivity index (χ2n) is 7.03. The van der Waals surface area contributed by atoms with Crippen LogP contribution in [0.25, 0.3) is 5.78 Å². The zero-order chi connectivity index (χ0) is 21.5. The minimum absolute atomic E-state index is 0.135. The maximum atomic E-state index is 13.1. The third-order valence-corrected chi connectivity index (χ3v) is 5.94. The van der Waals surface area contributed by atoms with E-state index in [1.54, 1.807) is 16.7 Å². The number of anilines is 2. The second kappa shape index (κ2) is 7.51. The molecule has 0 spiro atoms. The number of hydrogen-bond acceptors (Lipinski definition) is 7. The van der Waals surface area contributed by atoms with Gasteiger partial charge in [0, 0.05) is 21.2 Å². The first-order valence-electron chi connectivity index (χ1n) is 9.58. The van der Waals surface area contributed by atoms with E-state index in [0.29, 0.717) is 5.78 Å². The number of nitrogens with zero attached hydrogens (tertiary/aromatic N) is 5. The molecular weight excluding hydrogens is 414 g/mol. The number of rotatable bonds is 3. The summed E-state index contributed by atoms with van der Waals surface area (Å²) in [5, 5.41) is 4.16. The third kappa shape index (κ3) is 3.42. The Bertz CT molecular complexity index is 1300. The Morgan fingerprint density at radius 1 is 0.968 bits per heavy atom. The van der Waals surface area contributed by atoms with Crippen LogP contribution in [0.1, 0.15) is 22.0 Å².